The molecule has 13 heteroatoms. The van der Waals surface area contributed by atoms with Crippen molar-refractivity contribution in [2.24, 2.45) is 5.92 Å². The molecule has 0 aliphatic carbocycles. The third-order valence-electron chi connectivity index (χ3n) is 6.41. The van der Waals surface area contributed by atoms with E-state index < -0.39 is 26.0 Å². The van der Waals surface area contributed by atoms with Crippen LogP contribution < -0.4 is 10.0 Å². The third-order valence-corrected chi connectivity index (χ3v) is 10.5. The van der Waals surface area contributed by atoms with E-state index in [4.69, 9.17) is 34.8 Å². The van der Waals surface area contributed by atoms with Gasteiger partial charge in [0, 0.05) is 39.4 Å². The van der Waals surface area contributed by atoms with E-state index in [0.717, 1.165) is 0 Å². The maximum absolute atomic E-state index is 13.1. The van der Waals surface area contributed by atoms with Gasteiger partial charge in [0.1, 0.15) is 0 Å². The molecule has 0 aromatic heterocycles. The molecule has 1 atom stereocenters. The van der Waals surface area contributed by atoms with E-state index in [1.807, 2.05) is 0 Å². The largest absolute Gasteiger partial charge is 0.326 e. The normalized spacial score (nSPS) is 16.6. The van der Waals surface area contributed by atoms with E-state index in [2.05, 4.69) is 10.0 Å². The van der Waals surface area contributed by atoms with Gasteiger partial charge >= 0.3 is 0 Å². The highest BCUT2D eigenvalue weighted by atomic mass is 35.5. The van der Waals surface area contributed by atoms with Crippen molar-refractivity contribution in [3.8, 4) is 0 Å². The summed E-state index contributed by atoms with van der Waals surface area (Å²) in [5.41, 5.74) is 1.79. The molecule has 1 saturated heterocycles. The molecule has 1 amide bonds. The van der Waals surface area contributed by atoms with Crippen molar-refractivity contribution in [3.63, 3.8) is 0 Å². The average molecular weight is 631 g/mol. The van der Waals surface area contributed by atoms with Crippen LogP contribution in [0.4, 0.5) is 11.4 Å². The molecular formula is C26H26Cl3N3O5S2. The minimum atomic E-state index is -3.89. The highest BCUT2D eigenvalue weighted by molar-refractivity contribution is 7.92. The van der Waals surface area contributed by atoms with Crippen molar-refractivity contribution in [2.45, 2.75) is 30.4 Å². The van der Waals surface area contributed by atoms with Gasteiger partial charge in [-0.2, -0.15) is 0 Å². The number of rotatable bonds is 8. The zero-order valence-corrected chi connectivity index (χ0v) is 24.7. The Hall–Kier alpha value is -2.34. The Morgan fingerprint density at radius 1 is 0.974 bits per heavy atom. The minimum absolute atomic E-state index is 0.00745. The van der Waals surface area contributed by atoms with Crippen LogP contribution in [0.1, 0.15) is 24.0 Å². The molecule has 1 aliphatic heterocycles. The van der Waals surface area contributed by atoms with E-state index in [-0.39, 0.29) is 33.1 Å². The van der Waals surface area contributed by atoms with Crippen molar-refractivity contribution >= 4 is 72.1 Å². The quantitative estimate of drug-likeness (QED) is 0.320. The first kappa shape index (κ1) is 29.6. The molecule has 0 saturated carbocycles. The lowest BCUT2D eigenvalue weighted by molar-refractivity contribution is -0.120. The third kappa shape index (κ3) is 7.25. The number of piperidine rings is 1. The standard InChI is InChI=1S/C26H26Cl3N3O5S2/c1-17-7-8-19(27)14-25(17)31-39(36,37)21-11-9-20(10-12-21)30-26(33)18-4-3-13-32(15-18)38(34,35)16-22-23(28)5-2-6-24(22)29/h2,5-12,14,18,31H,3-4,13,15-16H2,1H3,(H,30,33). The summed E-state index contributed by atoms with van der Waals surface area (Å²) in [5, 5.41) is 3.69. The van der Waals surface area contributed by atoms with Crippen LogP contribution in [0.3, 0.4) is 0 Å². The number of hydrogen-bond acceptors (Lipinski definition) is 5. The highest BCUT2D eigenvalue weighted by Crippen LogP contribution is 2.30. The second-order valence-corrected chi connectivity index (χ2v) is 14.1. The van der Waals surface area contributed by atoms with Crippen LogP contribution in [0.15, 0.2) is 65.6 Å². The zero-order chi connectivity index (χ0) is 28.4. The van der Waals surface area contributed by atoms with Crippen molar-refractivity contribution in [2.75, 3.05) is 23.1 Å². The molecule has 3 aromatic carbocycles. The number of sulfonamides is 2. The fraction of sp³-hybridized carbons (Fsp3) is 0.269. The molecule has 2 N–H and O–H groups in total. The summed E-state index contributed by atoms with van der Waals surface area (Å²) < 4.78 is 55.7. The molecule has 39 heavy (non-hydrogen) atoms. The Labute approximate surface area is 243 Å². The predicted molar refractivity (Wildman–Crippen MR) is 155 cm³/mol. The van der Waals surface area contributed by atoms with Crippen molar-refractivity contribution in [1.82, 2.24) is 4.31 Å². The Balaban J connectivity index is 1.41. The van der Waals surface area contributed by atoms with Gasteiger partial charge < -0.3 is 5.32 Å². The number of nitrogens with zero attached hydrogens (tertiary/aromatic N) is 1. The lowest BCUT2D eigenvalue weighted by Crippen LogP contribution is -2.44. The average Bonchev–Trinajstić information content (AvgIpc) is 2.89. The SMILES string of the molecule is Cc1ccc(Cl)cc1NS(=O)(=O)c1ccc(NC(=O)C2CCCN(S(=O)(=O)Cc3c(Cl)cccc3Cl)C2)cc1. The Morgan fingerprint density at radius 3 is 2.31 bits per heavy atom. The molecule has 4 rings (SSSR count). The fourth-order valence-corrected chi connectivity index (χ4v) is 7.88. The van der Waals surface area contributed by atoms with Crippen LogP contribution >= 0.6 is 34.8 Å². The van der Waals surface area contributed by atoms with E-state index in [1.54, 1.807) is 37.3 Å². The number of anilines is 2. The second-order valence-electron chi connectivity index (χ2n) is 9.23. The number of carbonyl (C=O) groups is 1. The zero-order valence-electron chi connectivity index (χ0n) is 20.8. The van der Waals surface area contributed by atoms with Crippen molar-refractivity contribution in [1.29, 1.82) is 0 Å². The molecule has 3 aromatic rings. The molecule has 1 unspecified atom stereocenters. The summed E-state index contributed by atoms with van der Waals surface area (Å²) in [6.45, 7) is 2.07. The van der Waals surface area contributed by atoms with Gasteiger partial charge in [0.05, 0.1) is 22.3 Å². The van der Waals surface area contributed by atoms with E-state index in [1.165, 1.54) is 34.6 Å². The van der Waals surface area contributed by atoms with E-state index in [9.17, 15) is 21.6 Å². The van der Waals surface area contributed by atoms with Gasteiger partial charge in [-0.1, -0.05) is 46.9 Å². The van der Waals surface area contributed by atoms with Crippen LogP contribution in [0.5, 0.6) is 0 Å². The number of benzene rings is 3. The molecule has 8 nitrogen and oxygen atoms in total. The fourth-order valence-electron chi connectivity index (χ4n) is 4.22. The van der Waals surface area contributed by atoms with Gasteiger partial charge in [-0.25, -0.2) is 21.1 Å². The van der Waals surface area contributed by atoms with Crippen LogP contribution in [0.2, 0.25) is 15.1 Å². The van der Waals surface area contributed by atoms with E-state index in [0.29, 0.717) is 46.9 Å². The maximum Gasteiger partial charge on any atom is 0.261 e. The van der Waals surface area contributed by atoms with Gasteiger partial charge in [-0.3, -0.25) is 9.52 Å². The number of hydrogen-bond donors (Lipinski definition) is 2. The number of carbonyl (C=O) groups excluding carboxylic acids is 1. The first-order valence-corrected chi connectivity index (χ1v) is 16.2. The molecule has 0 radical (unpaired) electrons. The van der Waals surface area contributed by atoms with Crippen LogP contribution in [-0.2, 0) is 30.6 Å². The predicted octanol–water partition coefficient (Wildman–Crippen LogP) is 5.94. The molecular weight excluding hydrogens is 605 g/mol. The molecule has 1 aliphatic rings. The van der Waals surface area contributed by atoms with Crippen LogP contribution in [-0.4, -0.2) is 40.1 Å². The topological polar surface area (TPSA) is 113 Å². The highest BCUT2D eigenvalue weighted by Gasteiger charge is 2.33. The summed E-state index contributed by atoms with van der Waals surface area (Å²) in [4.78, 5) is 13.0. The Kier molecular flexibility index (Phi) is 9.15. The molecule has 0 spiro atoms. The number of amides is 1. The van der Waals surface area contributed by atoms with Gasteiger partial charge in [0.15, 0.2) is 0 Å². The summed E-state index contributed by atoms with van der Waals surface area (Å²) >= 11 is 18.3. The smallest absolute Gasteiger partial charge is 0.261 e. The van der Waals surface area contributed by atoms with Crippen LogP contribution in [0.25, 0.3) is 0 Å². The van der Waals surface area contributed by atoms with E-state index >= 15 is 0 Å². The Bertz CT molecular complexity index is 1580. The summed E-state index contributed by atoms with van der Waals surface area (Å²) in [6, 6.07) is 15.4. The van der Waals surface area contributed by atoms with Crippen molar-refractivity contribution in [3.05, 3.63) is 86.9 Å². The molecule has 0 bridgehead atoms. The number of halogens is 3. The lowest BCUT2D eigenvalue weighted by Gasteiger charge is -2.31. The molecule has 208 valence electrons. The molecule has 1 fully saturated rings. The number of aryl methyl sites for hydroxylation is 1. The maximum atomic E-state index is 13.1. The number of nitrogens with one attached hydrogen (secondary N) is 2. The lowest BCUT2D eigenvalue weighted by atomic mass is 9.99. The monoisotopic (exact) mass is 629 g/mol. The van der Waals surface area contributed by atoms with Gasteiger partial charge in [-0.05, 0) is 73.9 Å². The van der Waals surface area contributed by atoms with Crippen LogP contribution in [0, 0.1) is 12.8 Å². The second kappa shape index (κ2) is 12.0. The first-order chi connectivity index (χ1) is 18.4. The molecule has 1 heterocycles. The first-order valence-electron chi connectivity index (χ1n) is 12.0. The minimum Gasteiger partial charge on any atom is -0.326 e. The Morgan fingerprint density at radius 2 is 1.64 bits per heavy atom. The van der Waals surface area contributed by atoms with Gasteiger partial charge in [0.25, 0.3) is 10.0 Å². The van der Waals surface area contributed by atoms with Crippen molar-refractivity contribution < 1.29 is 21.6 Å². The van der Waals surface area contributed by atoms with Gasteiger partial charge in [-0.15, -0.1) is 0 Å². The summed E-state index contributed by atoms with van der Waals surface area (Å²) in [5.74, 6) is -1.29. The summed E-state index contributed by atoms with van der Waals surface area (Å²) in [6.07, 6.45) is 1.03. The summed E-state index contributed by atoms with van der Waals surface area (Å²) in [7, 11) is -7.66. The van der Waals surface area contributed by atoms with Gasteiger partial charge in [0.2, 0.25) is 15.9 Å².